The predicted molar refractivity (Wildman–Crippen MR) is 75.2 cm³/mol. The number of rotatable bonds is 3. The van der Waals surface area contributed by atoms with Gasteiger partial charge >= 0.3 is 0 Å². The second kappa shape index (κ2) is 6.08. The van der Waals surface area contributed by atoms with E-state index in [9.17, 15) is 0 Å². The SMILES string of the molecule is C=CCC(C#Cc1ccccc1)c1ccsc1. The van der Waals surface area contributed by atoms with E-state index in [1.54, 1.807) is 11.3 Å². The van der Waals surface area contributed by atoms with E-state index in [0.29, 0.717) is 0 Å². The molecular weight excluding hydrogens is 224 g/mol. The van der Waals surface area contributed by atoms with Crippen molar-refractivity contribution in [3.63, 3.8) is 0 Å². The maximum atomic E-state index is 3.80. The molecule has 0 fully saturated rings. The third kappa shape index (κ3) is 3.34. The summed E-state index contributed by atoms with van der Waals surface area (Å²) in [5.41, 5.74) is 2.36. The van der Waals surface area contributed by atoms with Gasteiger partial charge in [-0.15, -0.1) is 6.58 Å². The summed E-state index contributed by atoms with van der Waals surface area (Å²) >= 11 is 1.71. The normalized spacial score (nSPS) is 11.3. The molecule has 1 heterocycles. The van der Waals surface area contributed by atoms with E-state index in [1.807, 2.05) is 36.4 Å². The van der Waals surface area contributed by atoms with E-state index in [4.69, 9.17) is 0 Å². The topological polar surface area (TPSA) is 0 Å². The molecule has 0 amide bonds. The monoisotopic (exact) mass is 238 g/mol. The summed E-state index contributed by atoms with van der Waals surface area (Å²) in [5, 5.41) is 4.25. The predicted octanol–water partition coefficient (Wildman–Crippen LogP) is 4.46. The zero-order valence-electron chi connectivity index (χ0n) is 9.60. The molecule has 2 aromatic rings. The molecule has 0 nitrogen and oxygen atoms in total. The fraction of sp³-hybridized carbons (Fsp3) is 0.125. The molecule has 1 atom stereocenters. The van der Waals surface area contributed by atoms with Crippen LogP contribution in [0.5, 0.6) is 0 Å². The van der Waals surface area contributed by atoms with Gasteiger partial charge in [-0.25, -0.2) is 0 Å². The molecular formula is C16H14S. The van der Waals surface area contributed by atoms with Crippen LogP contribution >= 0.6 is 11.3 Å². The third-order valence-corrected chi connectivity index (χ3v) is 3.21. The molecule has 0 radical (unpaired) electrons. The number of hydrogen-bond acceptors (Lipinski definition) is 1. The number of thiophene rings is 1. The molecule has 17 heavy (non-hydrogen) atoms. The second-order valence-corrected chi connectivity index (χ2v) is 4.55. The van der Waals surface area contributed by atoms with E-state index in [1.165, 1.54) is 5.56 Å². The van der Waals surface area contributed by atoms with Crippen molar-refractivity contribution in [3.05, 3.63) is 70.9 Å². The first-order valence-electron chi connectivity index (χ1n) is 5.59. The second-order valence-electron chi connectivity index (χ2n) is 3.77. The Morgan fingerprint density at radius 2 is 2.06 bits per heavy atom. The van der Waals surface area contributed by atoms with Crippen LogP contribution in [-0.2, 0) is 0 Å². The van der Waals surface area contributed by atoms with Gasteiger partial charge in [0.15, 0.2) is 0 Å². The van der Waals surface area contributed by atoms with Crippen LogP contribution < -0.4 is 0 Å². The van der Waals surface area contributed by atoms with Crippen LogP contribution in [0.15, 0.2) is 59.8 Å². The van der Waals surface area contributed by atoms with E-state index in [-0.39, 0.29) is 5.92 Å². The van der Waals surface area contributed by atoms with E-state index < -0.39 is 0 Å². The van der Waals surface area contributed by atoms with E-state index >= 15 is 0 Å². The molecule has 0 spiro atoms. The van der Waals surface area contributed by atoms with Gasteiger partial charge in [0.1, 0.15) is 0 Å². The molecule has 0 bridgehead atoms. The Morgan fingerprint density at radius 3 is 2.71 bits per heavy atom. The van der Waals surface area contributed by atoms with Crippen molar-refractivity contribution >= 4 is 11.3 Å². The average molecular weight is 238 g/mol. The van der Waals surface area contributed by atoms with Crippen LogP contribution in [0.4, 0.5) is 0 Å². The molecule has 0 aliphatic carbocycles. The Hall–Kier alpha value is -1.78. The van der Waals surface area contributed by atoms with Gasteiger partial charge in [0.05, 0.1) is 0 Å². The first-order chi connectivity index (χ1) is 8.40. The highest BCUT2D eigenvalue weighted by Gasteiger charge is 2.06. The van der Waals surface area contributed by atoms with Crippen LogP contribution in [0.1, 0.15) is 23.5 Å². The number of allylic oxidation sites excluding steroid dienone is 1. The zero-order valence-corrected chi connectivity index (χ0v) is 10.4. The summed E-state index contributed by atoms with van der Waals surface area (Å²) in [6, 6.07) is 12.2. The number of benzene rings is 1. The van der Waals surface area contributed by atoms with Crippen LogP contribution in [0.25, 0.3) is 0 Å². The smallest absolute Gasteiger partial charge is 0.0498 e. The largest absolute Gasteiger partial charge is 0.152 e. The van der Waals surface area contributed by atoms with Crippen LogP contribution in [0, 0.1) is 11.8 Å². The highest BCUT2D eigenvalue weighted by Crippen LogP contribution is 2.21. The third-order valence-electron chi connectivity index (χ3n) is 2.51. The molecule has 1 unspecified atom stereocenters. The Morgan fingerprint density at radius 1 is 1.24 bits per heavy atom. The van der Waals surface area contributed by atoms with Crippen molar-refractivity contribution in [1.82, 2.24) is 0 Å². The molecule has 0 saturated heterocycles. The van der Waals surface area contributed by atoms with Gasteiger partial charge in [-0.1, -0.05) is 36.1 Å². The quantitative estimate of drug-likeness (QED) is 0.547. The van der Waals surface area contributed by atoms with Crippen molar-refractivity contribution in [2.45, 2.75) is 12.3 Å². The van der Waals surface area contributed by atoms with Crippen molar-refractivity contribution in [1.29, 1.82) is 0 Å². The summed E-state index contributed by atoms with van der Waals surface area (Å²) in [5.74, 6) is 6.81. The minimum atomic E-state index is 0.263. The molecule has 0 N–H and O–H groups in total. The highest BCUT2D eigenvalue weighted by atomic mass is 32.1. The number of hydrogen-bond donors (Lipinski definition) is 0. The molecule has 0 aliphatic rings. The molecule has 2 rings (SSSR count). The lowest BCUT2D eigenvalue weighted by Crippen LogP contribution is -1.91. The summed E-state index contributed by atoms with van der Waals surface area (Å²) in [6.45, 7) is 3.80. The molecule has 1 aromatic carbocycles. The van der Waals surface area contributed by atoms with Gasteiger partial charge in [-0.3, -0.25) is 0 Å². The minimum Gasteiger partial charge on any atom is -0.152 e. The van der Waals surface area contributed by atoms with Crippen LogP contribution in [0.3, 0.4) is 0 Å². The average Bonchev–Trinajstić information content (AvgIpc) is 2.89. The Labute approximate surface area is 107 Å². The minimum absolute atomic E-state index is 0.263. The van der Waals surface area contributed by atoms with Crippen molar-refractivity contribution < 1.29 is 0 Å². The standard InChI is InChI=1S/C16H14S/c1-2-6-15(16-11-12-17-13-16)10-9-14-7-4-3-5-8-14/h2-5,7-8,11-13,15H,1,6H2. The van der Waals surface area contributed by atoms with Crippen LogP contribution in [-0.4, -0.2) is 0 Å². The van der Waals surface area contributed by atoms with Gasteiger partial charge in [0.25, 0.3) is 0 Å². The first kappa shape index (κ1) is 11.7. The molecule has 0 aliphatic heterocycles. The highest BCUT2D eigenvalue weighted by molar-refractivity contribution is 7.08. The van der Waals surface area contributed by atoms with Crippen molar-refractivity contribution in [2.75, 3.05) is 0 Å². The zero-order chi connectivity index (χ0) is 11.9. The summed E-state index contributed by atoms with van der Waals surface area (Å²) in [7, 11) is 0. The fourth-order valence-electron chi connectivity index (χ4n) is 1.61. The maximum absolute atomic E-state index is 3.80. The molecule has 1 heteroatoms. The lowest BCUT2D eigenvalue weighted by molar-refractivity contribution is 0.900. The lowest BCUT2D eigenvalue weighted by Gasteiger charge is -2.04. The van der Waals surface area contributed by atoms with Gasteiger partial charge in [-0.05, 0) is 40.9 Å². The van der Waals surface area contributed by atoms with Crippen molar-refractivity contribution in [2.24, 2.45) is 0 Å². The van der Waals surface area contributed by atoms with E-state index in [2.05, 4.69) is 35.2 Å². The fourth-order valence-corrected chi connectivity index (χ4v) is 2.32. The summed E-state index contributed by atoms with van der Waals surface area (Å²) < 4.78 is 0. The van der Waals surface area contributed by atoms with Crippen LogP contribution in [0.2, 0.25) is 0 Å². The molecule has 1 aromatic heterocycles. The van der Waals surface area contributed by atoms with Gasteiger partial charge in [-0.2, -0.15) is 11.3 Å². The van der Waals surface area contributed by atoms with Gasteiger partial charge in [0, 0.05) is 11.5 Å². The van der Waals surface area contributed by atoms with Gasteiger partial charge in [0.2, 0.25) is 0 Å². The Bertz CT molecular complexity index is 512. The first-order valence-corrected chi connectivity index (χ1v) is 6.54. The summed E-state index contributed by atoms with van der Waals surface area (Å²) in [4.78, 5) is 0. The molecule has 0 saturated carbocycles. The molecule has 84 valence electrons. The summed E-state index contributed by atoms with van der Waals surface area (Å²) in [6.07, 6.45) is 2.83. The maximum Gasteiger partial charge on any atom is 0.0498 e. The van der Waals surface area contributed by atoms with Crippen molar-refractivity contribution in [3.8, 4) is 11.8 Å². The Balaban J connectivity index is 2.19. The van der Waals surface area contributed by atoms with E-state index in [0.717, 1.165) is 12.0 Å². The Kier molecular flexibility index (Phi) is 4.18. The van der Waals surface area contributed by atoms with Gasteiger partial charge < -0.3 is 0 Å². The lowest BCUT2D eigenvalue weighted by atomic mass is 9.99.